The van der Waals surface area contributed by atoms with Gasteiger partial charge in [0.2, 0.25) is 0 Å². The van der Waals surface area contributed by atoms with Gasteiger partial charge in [-0.2, -0.15) is 5.26 Å². The number of nitrogens with zero attached hydrogens (tertiary/aromatic N) is 2. The molecule has 2 aromatic carbocycles. The third kappa shape index (κ3) is 6.93. The highest BCUT2D eigenvalue weighted by Crippen LogP contribution is 2.24. The van der Waals surface area contributed by atoms with E-state index in [1.165, 1.54) is 6.07 Å². The third-order valence-corrected chi connectivity index (χ3v) is 5.56. The first-order valence-corrected chi connectivity index (χ1v) is 11.9. The smallest absolute Gasteiger partial charge is 0.251 e. The van der Waals surface area contributed by atoms with E-state index in [1.54, 1.807) is 12.1 Å². The van der Waals surface area contributed by atoms with Gasteiger partial charge in [-0.15, -0.1) is 0 Å². The highest BCUT2D eigenvalue weighted by atomic mass is 16.5. The monoisotopic (exact) mass is 474 g/mol. The molecule has 1 amide bonds. The van der Waals surface area contributed by atoms with E-state index in [0.29, 0.717) is 29.7 Å². The molecule has 1 unspecified atom stereocenters. The van der Waals surface area contributed by atoms with E-state index in [0.717, 1.165) is 22.6 Å². The van der Waals surface area contributed by atoms with E-state index in [4.69, 9.17) is 9.72 Å². The number of rotatable bonds is 9. The van der Waals surface area contributed by atoms with Gasteiger partial charge in [-0.1, -0.05) is 45.0 Å². The van der Waals surface area contributed by atoms with Crippen molar-refractivity contribution in [2.45, 2.75) is 65.0 Å². The van der Waals surface area contributed by atoms with Crippen LogP contribution in [-0.2, 0) is 11.8 Å². The third-order valence-electron chi connectivity index (χ3n) is 5.56. The largest absolute Gasteiger partial charge is 0.490 e. The number of hydrogen-bond acceptors (Lipinski definition) is 5. The minimum absolute atomic E-state index is 0.0451. The second-order valence-corrected chi connectivity index (χ2v) is 9.96. The second kappa shape index (κ2) is 11.2. The molecule has 3 rings (SSSR count). The zero-order valence-electron chi connectivity index (χ0n) is 21.1. The predicted molar refractivity (Wildman–Crippen MR) is 136 cm³/mol. The number of ether oxygens (including phenoxy) is 1. The van der Waals surface area contributed by atoms with Gasteiger partial charge >= 0.3 is 0 Å². The maximum Gasteiger partial charge on any atom is 0.251 e. The number of amides is 1. The van der Waals surface area contributed by atoms with Gasteiger partial charge in [-0.25, -0.2) is 4.98 Å². The molecule has 0 saturated carbocycles. The quantitative estimate of drug-likeness (QED) is 0.414. The molecule has 0 spiro atoms. The van der Waals surface area contributed by atoms with Gasteiger partial charge in [-0.3, -0.25) is 4.79 Å². The molecule has 3 N–H and O–H groups in total. The molecule has 3 aromatic rings. The van der Waals surface area contributed by atoms with E-state index in [-0.39, 0.29) is 30.1 Å². The maximum atomic E-state index is 12.9. The Kier molecular flexibility index (Phi) is 8.31. The molecule has 0 aliphatic carbocycles. The molecule has 1 atom stereocenters. The number of aliphatic hydroxyl groups excluding tert-OH is 1. The van der Waals surface area contributed by atoms with Crippen LogP contribution in [0.4, 0.5) is 0 Å². The Balaban J connectivity index is 1.70. The lowest BCUT2D eigenvalue weighted by Gasteiger charge is -2.19. The van der Waals surface area contributed by atoms with Crippen LogP contribution in [0.3, 0.4) is 0 Å². The van der Waals surface area contributed by atoms with Crippen molar-refractivity contribution in [1.29, 1.82) is 5.26 Å². The minimum atomic E-state index is -0.293. The lowest BCUT2D eigenvalue weighted by molar-refractivity contribution is 0.0930. The van der Waals surface area contributed by atoms with Gasteiger partial charge in [0.1, 0.15) is 17.6 Å². The molecular weight excluding hydrogens is 440 g/mol. The molecule has 0 fully saturated rings. The number of hydrogen-bond donors (Lipinski definition) is 3. The summed E-state index contributed by atoms with van der Waals surface area (Å²) in [7, 11) is 0. The topological polar surface area (TPSA) is 111 Å². The van der Waals surface area contributed by atoms with Gasteiger partial charge in [0.05, 0.1) is 17.4 Å². The molecule has 0 saturated heterocycles. The maximum absolute atomic E-state index is 12.9. The van der Waals surface area contributed by atoms with Gasteiger partial charge in [0, 0.05) is 35.4 Å². The summed E-state index contributed by atoms with van der Waals surface area (Å²) in [5.41, 5.74) is 3.58. The van der Waals surface area contributed by atoms with Crippen LogP contribution in [0.2, 0.25) is 0 Å². The number of aromatic nitrogens is 2. The van der Waals surface area contributed by atoms with Crippen molar-refractivity contribution in [2.75, 3.05) is 6.61 Å². The van der Waals surface area contributed by atoms with E-state index in [2.05, 4.69) is 37.1 Å². The molecule has 7 nitrogen and oxygen atoms in total. The highest BCUT2D eigenvalue weighted by molar-refractivity contribution is 5.95. The van der Waals surface area contributed by atoms with Gasteiger partial charge in [-0.05, 0) is 50.5 Å². The minimum Gasteiger partial charge on any atom is -0.490 e. The van der Waals surface area contributed by atoms with Crippen LogP contribution >= 0.6 is 0 Å². The molecule has 1 heterocycles. The van der Waals surface area contributed by atoms with Crippen molar-refractivity contribution >= 4 is 5.91 Å². The summed E-state index contributed by atoms with van der Waals surface area (Å²) in [5, 5.41) is 22.0. The number of benzene rings is 2. The zero-order chi connectivity index (χ0) is 25.6. The molecule has 0 radical (unpaired) electrons. The summed E-state index contributed by atoms with van der Waals surface area (Å²) in [6, 6.07) is 14.7. The molecule has 7 heteroatoms. The Bertz CT molecular complexity index is 1180. The van der Waals surface area contributed by atoms with Crippen molar-refractivity contribution in [3.8, 4) is 23.1 Å². The lowest BCUT2D eigenvalue weighted by Crippen LogP contribution is -2.37. The normalized spacial score (nSPS) is 12.3. The first kappa shape index (κ1) is 26.0. The number of imidazole rings is 1. The number of nitriles is 1. The number of nitrogens with one attached hydrogen (secondary N) is 2. The number of aliphatic hydroxyl groups is 1. The Labute approximate surface area is 207 Å². The van der Waals surface area contributed by atoms with Crippen LogP contribution in [0.5, 0.6) is 5.75 Å². The molecule has 184 valence electrons. The average molecular weight is 475 g/mol. The summed E-state index contributed by atoms with van der Waals surface area (Å²) in [6.07, 6.45) is 2.83. The van der Waals surface area contributed by atoms with Gasteiger partial charge in [0.15, 0.2) is 0 Å². The molecular formula is C28H34N4O3. The first-order valence-electron chi connectivity index (χ1n) is 11.9. The Hall–Kier alpha value is -3.63. The van der Waals surface area contributed by atoms with Crippen LogP contribution < -0.4 is 10.1 Å². The molecule has 1 aromatic heterocycles. The van der Waals surface area contributed by atoms with Gasteiger partial charge < -0.3 is 20.1 Å². The van der Waals surface area contributed by atoms with E-state index in [9.17, 15) is 15.2 Å². The standard InChI is InChI=1S/C28H34N4O3/c1-18(2)35-25-11-10-21(15-22(25)16-29)26(34)31-23(12-13-33)14-19-6-8-20(9-7-19)24-17-30-27(32-24)28(3,4)5/h6-11,15,17-18,23,33H,12-14H2,1-5H3,(H,30,32)(H,31,34). The summed E-state index contributed by atoms with van der Waals surface area (Å²) in [4.78, 5) is 20.8. The number of carbonyl (C=O) groups is 1. The van der Waals surface area contributed by atoms with Crippen molar-refractivity contribution in [3.05, 3.63) is 71.2 Å². The summed E-state index contributed by atoms with van der Waals surface area (Å²) in [6.45, 7) is 10.1. The van der Waals surface area contributed by atoms with Crippen LogP contribution in [-0.4, -0.2) is 39.7 Å². The number of H-pyrrole nitrogens is 1. The Morgan fingerprint density at radius 1 is 1.20 bits per heavy atom. The Morgan fingerprint density at radius 2 is 1.91 bits per heavy atom. The lowest BCUT2D eigenvalue weighted by atomic mass is 9.96. The van der Waals surface area contributed by atoms with E-state index < -0.39 is 0 Å². The predicted octanol–water partition coefficient (Wildman–Crippen LogP) is 4.76. The summed E-state index contributed by atoms with van der Waals surface area (Å²) < 4.78 is 5.64. The van der Waals surface area contributed by atoms with Crippen molar-refractivity contribution < 1.29 is 14.6 Å². The molecule has 35 heavy (non-hydrogen) atoms. The van der Waals surface area contributed by atoms with Crippen LogP contribution in [0.15, 0.2) is 48.7 Å². The van der Waals surface area contributed by atoms with Crippen molar-refractivity contribution in [1.82, 2.24) is 15.3 Å². The number of carbonyl (C=O) groups excluding carboxylic acids is 1. The highest BCUT2D eigenvalue weighted by Gasteiger charge is 2.19. The van der Waals surface area contributed by atoms with Crippen LogP contribution in [0.25, 0.3) is 11.3 Å². The molecule has 0 aliphatic heterocycles. The van der Waals surface area contributed by atoms with Gasteiger partial charge in [0.25, 0.3) is 5.91 Å². The fourth-order valence-corrected chi connectivity index (χ4v) is 3.72. The van der Waals surface area contributed by atoms with Crippen LogP contribution in [0, 0.1) is 11.3 Å². The zero-order valence-corrected chi connectivity index (χ0v) is 21.1. The fraction of sp³-hybridized carbons (Fsp3) is 0.393. The fourth-order valence-electron chi connectivity index (χ4n) is 3.72. The molecule has 0 aliphatic rings. The van der Waals surface area contributed by atoms with Crippen molar-refractivity contribution in [2.24, 2.45) is 0 Å². The first-order chi connectivity index (χ1) is 16.6. The molecule has 0 bridgehead atoms. The second-order valence-electron chi connectivity index (χ2n) is 9.96. The van der Waals surface area contributed by atoms with E-state index in [1.807, 2.05) is 44.3 Å². The van der Waals surface area contributed by atoms with Crippen LogP contribution in [0.1, 0.15) is 68.3 Å². The SMILES string of the molecule is CC(C)Oc1ccc(C(=O)NC(CCO)Cc2ccc(-c3c[nH]c(C(C)(C)C)n3)cc2)cc1C#N. The summed E-state index contributed by atoms with van der Waals surface area (Å²) >= 11 is 0. The van der Waals surface area contributed by atoms with Crippen molar-refractivity contribution in [3.63, 3.8) is 0 Å². The van der Waals surface area contributed by atoms with E-state index >= 15 is 0 Å². The number of aromatic amines is 1. The average Bonchev–Trinajstić information content (AvgIpc) is 3.30. The Morgan fingerprint density at radius 3 is 2.49 bits per heavy atom. The summed E-state index contributed by atoms with van der Waals surface area (Å²) in [5.74, 6) is 1.10.